The van der Waals surface area contributed by atoms with Crippen LogP contribution < -0.4 is 5.73 Å². The smallest absolute Gasteiger partial charge is 0.309 e. The molecule has 0 unspecified atom stereocenters. The number of para-hydroxylation sites is 1. The molecule has 0 saturated heterocycles. The third-order valence-electron chi connectivity index (χ3n) is 2.82. The van der Waals surface area contributed by atoms with Crippen molar-refractivity contribution >= 4 is 25.2 Å². The van der Waals surface area contributed by atoms with Gasteiger partial charge in [-0.05, 0) is 31.3 Å². The molecule has 0 aliphatic carbocycles. The first-order chi connectivity index (χ1) is 8.87. The summed E-state index contributed by atoms with van der Waals surface area (Å²) in [6, 6.07) is 7.38. The number of H-pyrrole nitrogens is 1. The number of nitrogens with two attached hydrogens (primary N) is 1. The maximum Gasteiger partial charge on any atom is 0.309 e. The number of aromatic amines is 1. The van der Waals surface area contributed by atoms with Crippen molar-refractivity contribution < 1.29 is 9.22 Å². The van der Waals surface area contributed by atoms with Gasteiger partial charge >= 0.3 is 5.97 Å². The lowest BCUT2D eigenvalue weighted by Gasteiger charge is -2.20. The average Bonchev–Trinajstić information content (AvgIpc) is 2.70. The monoisotopic (exact) mass is 276 g/mol. The predicted octanol–water partition coefficient (Wildman–Crippen LogP) is 2.42. The molecule has 5 heteroatoms. The number of aromatic nitrogens is 1. The second kappa shape index (κ2) is 5.18. The van der Waals surface area contributed by atoms with Gasteiger partial charge in [-0.2, -0.15) is 0 Å². The molecule has 0 fully saturated rings. The molecule has 1 atom stereocenters. The summed E-state index contributed by atoms with van der Waals surface area (Å²) >= 11 is 0. The molecule has 0 aliphatic rings. The number of rotatable bonds is 4. The second-order valence-electron chi connectivity index (χ2n) is 5.70. The first-order valence-electron chi connectivity index (χ1n) is 6.40. The van der Waals surface area contributed by atoms with E-state index in [1.807, 2.05) is 50.1 Å². The lowest BCUT2D eigenvalue weighted by Crippen LogP contribution is -2.40. The maximum atomic E-state index is 11.9. The molecular weight excluding hydrogens is 256 g/mol. The van der Waals surface area contributed by atoms with Crippen LogP contribution in [0.5, 0.6) is 0 Å². The van der Waals surface area contributed by atoms with Gasteiger partial charge in [-0.25, -0.2) is 0 Å². The fourth-order valence-corrected chi connectivity index (χ4v) is 2.75. The van der Waals surface area contributed by atoms with E-state index in [0.717, 1.165) is 16.5 Å². The van der Waals surface area contributed by atoms with Crippen molar-refractivity contribution in [2.45, 2.75) is 32.1 Å². The van der Waals surface area contributed by atoms with E-state index >= 15 is 0 Å². The van der Waals surface area contributed by atoms with Crippen molar-refractivity contribution in [2.24, 2.45) is 5.73 Å². The highest BCUT2D eigenvalue weighted by Gasteiger charge is 2.24. The van der Waals surface area contributed by atoms with E-state index in [1.165, 1.54) is 0 Å². The third-order valence-corrected chi connectivity index (χ3v) is 3.64. The fraction of sp³-hybridized carbons (Fsp3) is 0.357. The summed E-state index contributed by atoms with van der Waals surface area (Å²) in [6.07, 6.45) is 2.40. The zero-order chi connectivity index (χ0) is 14.0. The minimum absolute atomic E-state index is 0.301. The summed E-state index contributed by atoms with van der Waals surface area (Å²) in [4.78, 5) is 15.1. The minimum atomic E-state index is -1.88. The van der Waals surface area contributed by atoms with Crippen LogP contribution in [0.2, 0.25) is 19.6 Å². The molecular formula is C14H20N2O2Si. The Morgan fingerprint density at radius 2 is 2.05 bits per heavy atom. The van der Waals surface area contributed by atoms with Crippen LogP contribution in [-0.2, 0) is 15.6 Å². The molecule has 0 bridgehead atoms. The van der Waals surface area contributed by atoms with Gasteiger partial charge in [-0.1, -0.05) is 18.2 Å². The van der Waals surface area contributed by atoms with Crippen molar-refractivity contribution in [3.05, 3.63) is 36.0 Å². The highest BCUT2D eigenvalue weighted by Crippen LogP contribution is 2.19. The zero-order valence-corrected chi connectivity index (χ0v) is 12.6. The molecule has 0 amide bonds. The second-order valence-corrected chi connectivity index (χ2v) is 10.1. The number of carbonyl (C=O) groups is 1. The number of carbonyl (C=O) groups excluding carboxylic acids is 1. The normalized spacial score (nSPS) is 13.5. The van der Waals surface area contributed by atoms with Crippen LogP contribution in [0.4, 0.5) is 0 Å². The SMILES string of the molecule is C[Si](C)(C)OC(=O)[C@H](N)Cc1c[nH]c2ccccc12. The first kappa shape index (κ1) is 13.8. The van der Waals surface area contributed by atoms with E-state index in [4.69, 9.17) is 10.2 Å². The highest BCUT2D eigenvalue weighted by atomic mass is 28.4. The van der Waals surface area contributed by atoms with Gasteiger partial charge in [0.05, 0.1) is 0 Å². The summed E-state index contributed by atoms with van der Waals surface area (Å²) < 4.78 is 5.43. The number of benzene rings is 1. The van der Waals surface area contributed by atoms with E-state index in [-0.39, 0.29) is 5.97 Å². The average molecular weight is 276 g/mol. The lowest BCUT2D eigenvalue weighted by atomic mass is 10.1. The van der Waals surface area contributed by atoms with E-state index in [2.05, 4.69) is 4.98 Å². The molecule has 0 saturated carbocycles. The number of hydrogen-bond acceptors (Lipinski definition) is 3. The Morgan fingerprint density at radius 3 is 2.74 bits per heavy atom. The predicted molar refractivity (Wildman–Crippen MR) is 79.4 cm³/mol. The molecule has 0 aliphatic heterocycles. The highest BCUT2D eigenvalue weighted by molar-refractivity contribution is 6.71. The van der Waals surface area contributed by atoms with E-state index in [1.54, 1.807) is 0 Å². The Morgan fingerprint density at radius 1 is 1.37 bits per heavy atom. The van der Waals surface area contributed by atoms with Gasteiger partial charge in [0.25, 0.3) is 0 Å². The van der Waals surface area contributed by atoms with E-state index in [9.17, 15) is 4.79 Å². The Labute approximate surface area is 114 Å². The Balaban J connectivity index is 2.10. The quantitative estimate of drug-likeness (QED) is 0.843. The topological polar surface area (TPSA) is 68.1 Å². The van der Waals surface area contributed by atoms with Crippen LogP contribution in [0.25, 0.3) is 10.9 Å². The molecule has 19 heavy (non-hydrogen) atoms. The molecule has 102 valence electrons. The van der Waals surface area contributed by atoms with Crippen molar-refractivity contribution in [2.75, 3.05) is 0 Å². The largest absolute Gasteiger partial charge is 0.519 e. The van der Waals surface area contributed by atoms with Gasteiger partial charge in [-0.15, -0.1) is 0 Å². The van der Waals surface area contributed by atoms with Crippen molar-refractivity contribution in [3.8, 4) is 0 Å². The first-order valence-corrected chi connectivity index (χ1v) is 9.81. The van der Waals surface area contributed by atoms with Gasteiger partial charge in [0.1, 0.15) is 6.04 Å². The van der Waals surface area contributed by atoms with Gasteiger partial charge in [0.15, 0.2) is 0 Å². The van der Waals surface area contributed by atoms with Crippen molar-refractivity contribution in [1.82, 2.24) is 4.98 Å². The molecule has 2 aromatic rings. The van der Waals surface area contributed by atoms with Crippen molar-refractivity contribution in [1.29, 1.82) is 0 Å². The number of fused-ring (bicyclic) bond motifs is 1. The van der Waals surface area contributed by atoms with Crippen molar-refractivity contribution in [3.63, 3.8) is 0 Å². The molecule has 4 nitrogen and oxygen atoms in total. The van der Waals surface area contributed by atoms with E-state index < -0.39 is 14.4 Å². The van der Waals surface area contributed by atoms with Crippen LogP contribution >= 0.6 is 0 Å². The third kappa shape index (κ3) is 3.45. The van der Waals surface area contributed by atoms with Gasteiger partial charge < -0.3 is 15.1 Å². The Hall–Kier alpha value is -1.59. The lowest BCUT2D eigenvalue weighted by molar-refractivity contribution is -0.136. The summed E-state index contributed by atoms with van der Waals surface area (Å²) in [5.41, 5.74) is 8.05. The standard InChI is InChI=1S/C14H20N2O2Si/c1-19(2,3)18-14(17)12(15)8-10-9-16-13-7-5-4-6-11(10)13/h4-7,9,12,16H,8,15H2,1-3H3/t12-/m1/s1. The number of nitrogens with one attached hydrogen (secondary N) is 1. The van der Waals surface area contributed by atoms with Crippen LogP contribution in [0, 0.1) is 0 Å². The fourth-order valence-electron chi connectivity index (χ4n) is 2.00. The molecule has 1 aromatic carbocycles. The van der Waals surface area contributed by atoms with Crippen LogP contribution in [0.3, 0.4) is 0 Å². The molecule has 0 spiro atoms. The van der Waals surface area contributed by atoms with Gasteiger partial charge in [-0.3, -0.25) is 4.79 Å². The summed E-state index contributed by atoms with van der Waals surface area (Å²) in [7, 11) is -1.88. The molecule has 0 radical (unpaired) electrons. The molecule has 2 rings (SSSR count). The maximum absolute atomic E-state index is 11.9. The molecule has 3 N–H and O–H groups in total. The van der Waals surface area contributed by atoms with Crippen LogP contribution in [0.15, 0.2) is 30.5 Å². The van der Waals surface area contributed by atoms with E-state index in [0.29, 0.717) is 6.42 Å². The van der Waals surface area contributed by atoms with Gasteiger partial charge in [0, 0.05) is 23.5 Å². The minimum Gasteiger partial charge on any atom is -0.519 e. The zero-order valence-electron chi connectivity index (χ0n) is 11.6. The molecule has 1 heterocycles. The summed E-state index contributed by atoms with van der Waals surface area (Å²) in [6.45, 7) is 5.93. The Kier molecular flexibility index (Phi) is 3.77. The number of hydrogen-bond donors (Lipinski definition) is 2. The summed E-state index contributed by atoms with van der Waals surface area (Å²) in [5, 5.41) is 1.11. The van der Waals surface area contributed by atoms with Crippen LogP contribution in [0.1, 0.15) is 5.56 Å². The Bertz CT molecular complexity index is 586. The van der Waals surface area contributed by atoms with Gasteiger partial charge in [0.2, 0.25) is 8.32 Å². The molecule has 1 aromatic heterocycles. The summed E-state index contributed by atoms with van der Waals surface area (Å²) in [5.74, 6) is -0.301. The van der Waals surface area contributed by atoms with Crippen LogP contribution in [-0.4, -0.2) is 25.3 Å².